The quantitative estimate of drug-likeness (QED) is 0.732. The van der Waals surface area contributed by atoms with Gasteiger partial charge in [0.2, 0.25) is 0 Å². The van der Waals surface area contributed by atoms with E-state index in [4.69, 9.17) is 0 Å². The van der Waals surface area contributed by atoms with Crippen LogP contribution in [0.4, 0.5) is 15.9 Å². The topological polar surface area (TPSA) is 66.9 Å². The van der Waals surface area contributed by atoms with Crippen LogP contribution < -0.4 is 10.6 Å². The zero-order chi connectivity index (χ0) is 18.5. The Morgan fingerprint density at radius 3 is 2.50 bits per heavy atom. The summed E-state index contributed by atoms with van der Waals surface area (Å²) >= 11 is 0. The van der Waals surface area contributed by atoms with Gasteiger partial charge in [0.05, 0.1) is 0 Å². The predicted octanol–water partition coefficient (Wildman–Crippen LogP) is 3.91. The van der Waals surface area contributed by atoms with Crippen molar-refractivity contribution in [2.75, 3.05) is 5.32 Å². The van der Waals surface area contributed by atoms with E-state index in [0.29, 0.717) is 11.4 Å². The maximum atomic E-state index is 13.6. The third-order valence-electron chi connectivity index (χ3n) is 4.03. The number of hydrogen-bond donors (Lipinski definition) is 2. The average molecular weight is 350 g/mol. The summed E-state index contributed by atoms with van der Waals surface area (Å²) in [5, 5.41) is 5.90. The van der Waals surface area contributed by atoms with Crippen LogP contribution in [0.25, 0.3) is 0 Å². The monoisotopic (exact) mass is 350 g/mol. The molecule has 0 saturated carbocycles. The molecule has 0 aliphatic heterocycles. The second-order valence-corrected chi connectivity index (χ2v) is 5.95. The zero-order valence-electron chi connectivity index (χ0n) is 14.6. The lowest BCUT2D eigenvalue weighted by atomic mass is 10.1. The Balaban J connectivity index is 1.72. The molecule has 1 amide bonds. The van der Waals surface area contributed by atoms with Crippen LogP contribution in [0.5, 0.6) is 0 Å². The maximum Gasteiger partial charge on any atom is 0.270 e. The Bertz CT molecular complexity index is 922. The first-order valence-electron chi connectivity index (χ1n) is 8.21. The zero-order valence-corrected chi connectivity index (χ0v) is 14.6. The van der Waals surface area contributed by atoms with E-state index >= 15 is 0 Å². The summed E-state index contributed by atoms with van der Waals surface area (Å²) < 4.78 is 13.6. The number of anilines is 2. The van der Waals surface area contributed by atoms with Gasteiger partial charge in [0.1, 0.15) is 23.7 Å². The molecule has 0 spiro atoms. The molecule has 2 N–H and O–H groups in total. The standard InChI is InChI=1S/C20H19FN4O/c1-13-6-5-7-14(2)19(13)25-18-10-17(23-12-24-18)20(26)22-11-15-8-3-4-9-16(15)21/h3-10,12H,11H2,1-2H3,(H,22,26)(H,23,24,25). The van der Waals surface area contributed by atoms with E-state index in [1.165, 1.54) is 12.4 Å². The Hall–Kier alpha value is -3.28. The Morgan fingerprint density at radius 1 is 1.04 bits per heavy atom. The highest BCUT2D eigenvalue weighted by atomic mass is 19.1. The van der Waals surface area contributed by atoms with Crippen molar-refractivity contribution in [3.8, 4) is 0 Å². The third-order valence-corrected chi connectivity index (χ3v) is 4.03. The van der Waals surface area contributed by atoms with Gasteiger partial charge < -0.3 is 10.6 Å². The maximum absolute atomic E-state index is 13.6. The SMILES string of the molecule is Cc1cccc(C)c1Nc1cc(C(=O)NCc2ccccc2F)ncn1. The number of carbonyl (C=O) groups excluding carboxylic acids is 1. The second-order valence-electron chi connectivity index (χ2n) is 5.95. The van der Waals surface area contributed by atoms with Crippen molar-refractivity contribution in [3.05, 3.63) is 83.1 Å². The number of aromatic nitrogens is 2. The molecule has 0 aliphatic carbocycles. The first-order chi connectivity index (χ1) is 12.5. The average Bonchev–Trinajstić information content (AvgIpc) is 2.64. The van der Waals surface area contributed by atoms with Gasteiger partial charge in [-0.3, -0.25) is 4.79 Å². The first kappa shape index (κ1) is 17.5. The van der Waals surface area contributed by atoms with Crippen LogP contribution in [-0.2, 0) is 6.54 Å². The van der Waals surface area contributed by atoms with E-state index in [9.17, 15) is 9.18 Å². The number of rotatable bonds is 5. The molecule has 3 rings (SSSR count). The number of hydrogen-bond acceptors (Lipinski definition) is 4. The van der Waals surface area contributed by atoms with E-state index in [1.54, 1.807) is 24.3 Å². The van der Waals surface area contributed by atoms with E-state index in [2.05, 4.69) is 20.6 Å². The normalized spacial score (nSPS) is 10.4. The van der Waals surface area contributed by atoms with Gasteiger partial charge >= 0.3 is 0 Å². The van der Waals surface area contributed by atoms with E-state index in [0.717, 1.165) is 16.8 Å². The van der Waals surface area contributed by atoms with Crippen LogP contribution in [0, 0.1) is 19.7 Å². The molecule has 1 aromatic heterocycles. The fourth-order valence-corrected chi connectivity index (χ4v) is 2.60. The lowest BCUT2D eigenvalue weighted by molar-refractivity contribution is 0.0945. The van der Waals surface area contributed by atoms with Gasteiger partial charge in [-0.2, -0.15) is 0 Å². The molecule has 132 valence electrons. The van der Waals surface area contributed by atoms with Crippen LogP contribution in [0.1, 0.15) is 27.2 Å². The van der Waals surface area contributed by atoms with Crippen LogP contribution in [0.15, 0.2) is 54.9 Å². The van der Waals surface area contributed by atoms with Gasteiger partial charge in [-0.1, -0.05) is 36.4 Å². The molecule has 1 heterocycles. The number of benzene rings is 2. The highest BCUT2D eigenvalue weighted by molar-refractivity contribution is 5.93. The Labute approximate surface area is 151 Å². The molecule has 26 heavy (non-hydrogen) atoms. The number of para-hydroxylation sites is 1. The summed E-state index contributed by atoms with van der Waals surface area (Å²) in [4.78, 5) is 20.5. The molecular formula is C20H19FN4O. The number of nitrogens with one attached hydrogen (secondary N) is 2. The molecule has 0 fully saturated rings. The Kier molecular flexibility index (Phi) is 5.22. The number of amides is 1. The molecule has 0 radical (unpaired) electrons. The van der Waals surface area contributed by atoms with Crippen molar-refractivity contribution in [1.82, 2.24) is 15.3 Å². The minimum atomic E-state index is -0.389. The van der Waals surface area contributed by atoms with Crippen molar-refractivity contribution >= 4 is 17.4 Å². The van der Waals surface area contributed by atoms with Crippen LogP contribution in [0.2, 0.25) is 0 Å². The first-order valence-corrected chi connectivity index (χ1v) is 8.21. The third kappa shape index (κ3) is 4.03. The van der Waals surface area contributed by atoms with Gasteiger partial charge in [0, 0.05) is 23.9 Å². The number of aryl methyl sites for hydroxylation is 2. The predicted molar refractivity (Wildman–Crippen MR) is 98.8 cm³/mol. The molecule has 0 bridgehead atoms. The number of nitrogens with zero attached hydrogens (tertiary/aromatic N) is 2. The minimum absolute atomic E-state index is 0.0924. The van der Waals surface area contributed by atoms with Crippen molar-refractivity contribution in [3.63, 3.8) is 0 Å². The molecule has 6 heteroatoms. The second kappa shape index (κ2) is 7.74. The molecule has 0 atom stereocenters. The number of carbonyl (C=O) groups is 1. The summed E-state index contributed by atoms with van der Waals surface area (Å²) in [6.45, 7) is 4.09. The molecule has 0 unspecified atom stereocenters. The van der Waals surface area contributed by atoms with E-state index in [-0.39, 0.29) is 24.0 Å². The van der Waals surface area contributed by atoms with Crippen LogP contribution in [-0.4, -0.2) is 15.9 Å². The summed E-state index contributed by atoms with van der Waals surface area (Å²) in [6.07, 6.45) is 1.33. The van der Waals surface area contributed by atoms with Gasteiger partial charge in [0.25, 0.3) is 5.91 Å². The van der Waals surface area contributed by atoms with Crippen molar-refractivity contribution in [2.24, 2.45) is 0 Å². The highest BCUT2D eigenvalue weighted by Crippen LogP contribution is 2.23. The van der Waals surface area contributed by atoms with Gasteiger partial charge in [-0.25, -0.2) is 14.4 Å². The molecule has 0 saturated heterocycles. The fraction of sp³-hybridized carbons (Fsp3) is 0.150. The van der Waals surface area contributed by atoms with Crippen molar-refractivity contribution in [2.45, 2.75) is 20.4 Å². The number of halogens is 1. The van der Waals surface area contributed by atoms with Gasteiger partial charge in [-0.05, 0) is 31.0 Å². The van der Waals surface area contributed by atoms with E-state index in [1.807, 2.05) is 32.0 Å². The molecule has 2 aromatic carbocycles. The Morgan fingerprint density at radius 2 is 1.77 bits per heavy atom. The van der Waals surface area contributed by atoms with E-state index < -0.39 is 0 Å². The van der Waals surface area contributed by atoms with Gasteiger partial charge in [0.15, 0.2) is 0 Å². The summed E-state index contributed by atoms with van der Waals surface area (Å²) in [5.74, 6) is -0.221. The van der Waals surface area contributed by atoms with Crippen molar-refractivity contribution in [1.29, 1.82) is 0 Å². The molecule has 5 nitrogen and oxygen atoms in total. The minimum Gasteiger partial charge on any atom is -0.347 e. The lowest BCUT2D eigenvalue weighted by Crippen LogP contribution is -2.24. The molecule has 0 aliphatic rings. The fourth-order valence-electron chi connectivity index (χ4n) is 2.60. The molecular weight excluding hydrogens is 331 g/mol. The van der Waals surface area contributed by atoms with Crippen LogP contribution >= 0.6 is 0 Å². The van der Waals surface area contributed by atoms with Crippen LogP contribution in [0.3, 0.4) is 0 Å². The smallest absolute Gasteiger partial charge is 0.270 e. The lowest BCUT2D eigenvalue weighted by Gasteiger charge is -2.12. The highest BCUT2D eigenvalue weighted by Gasteiger charge is 2.11. The largest absolute Gasteiger partial charge is 0.347 e. The molecule has 3 aromatic rings. The summed E-state index contributed by atoms with van der Waals surface area (Å²) in [5.41, 5.74) is 3.74. The summed E-state index contributed by atoms with van der Waals surface area (Å²) in [6, 6.07) is 13.9. The van der Waals surface area contributed by atoms with Crippen molar-refractivity contribution < 1.29 is 9.18 Å². The summed E-state index contributed by atoms with van der Waals surface area (Å²) in [7, 11) is 0. The van der Waals surface area contributed by atoms with Gasteiger partial charge in [-0.15, -0.1) is 0 Å².